The van der Waals surface area contributed by atoms with Gasteiger partial charge in [-0.2, -0.15) is 0 Å². The quantitative estimate of drug-likeness (QED) is 0.457. The maximum absolute atomic E-state index is 14.1. The highest BCUT2D eigenvalue weighted by atomic mass is 32.2. The van der Waals surface area contributed by atoms with Crippen LogP contribution in [0.2, 0.25) is 0 Å². The van der Waals surface area contributed by atoms with Crippen LogP contribution in [0.1, 0.15) is 52.4 Å². The van der Waals surface area contributed by atoms with E-state index in [1.165, 1.54) is 0 Å². The predicted octanol–water partition coefficient (Wildman–Crippen LogP) is 4.41. The van der Waals surface area contributed by atoms with E-state index >= 15 is 0 Å². The van der Waals surface area contributed by atoms with Gasteiger partial charge in [0.25, 0.3) is 0 Å². The Hall–Kier alpha value is -1.22. The molecule has 0 spiro atoms. The Balaban J connectivity index is 1.78. The molecule has 3 nitrogen and oxygen atoms in total. The summed E-state index contributed by atoms with van der Waals surface area (Å²) in [5, 5.41) is 0. The maximum atomic E-state index is 14.1. The number of halogens is 5. The van der Waals surface area contributed by atoms with E-state index in [-0.39, 0.29) is 16.7 Å². The third-order valence-corrected chi connectivity index (χ3v) is 8.01. The highest BCUT2D eigenvalue weighted by Crippen LogP contribution is 2.66. The summed E-state index contributed by atoms with van der Waals surface area (Å²) in [7, 11) is -4.95. The van der Waals surface area contributed by atoms with Crippen molar-refractivity contribution in [1.82, 2.24) is 4.72 Å². The molecule has 4 aliphatic rings. The van der Waals surface area contributed by atoms with Gasteiger partial charge in [-0.3, -0.25) is 0 Å². The summed E-state index contributed by atoms with van der Waals surface area (Å²) in [6.45, 7) is 4.13. The molecule has 1 N–H and O–H groups in total. The molecule has 2 unspecified atom stereocenters. The van der Waals surface area contributed by atoms with E-state index in [4.69, 9.17) is 0 Å². The van der Waals surface area contributed by atoms with Crippen molar-refractivity contribution in [1.29, 1.82) is 0 Å². The Morgan fingerprint density at radius 2 is 1.22 bits per heavy atom. The van der Waals surface area contributed by atoms with Gasteiger partial charge in [-0.25, -0.2) is 35.1 Å². The first-order chi connectivity index (χ1) is 12.3. The molecule has 2 atom stereocenters. The molecule has 9 heteroatoms. The molecule has 1 aromatic rings. The molecule has 4 saturated carbocycles. The first-order valence-corrected chi connectivity index (χ1v) is 10.3. The van der Waals surface area contributed by atoms with Gasteiger partial charge in [0.05, 0.1) is 0 Å². The lowest BCUT2D eigenvalue weighted by atomic mass is 9.43. The summed E-state index contributed by atoms with van der Waals surface area (Å²) < 4.78 is 96.2. The van der Waals surface area contributed by atoms with Crippen LogP contribution in [0.3, 0.4) is 0 Å². The molecule has 0 amide bonds. The van der Waals surface area contributed by atoms with Gasteiger partial charge in [0.1, 0.15) is 0 Å². The van der Waals surface area contributed by atoms with Crippen molar-refractivity contribution in [2.75, 3.05) is 0 Å². The van der Waals surface area contributed by atoms with Gasteiger partial charge in [0.15, 0.2) is 28.2 Å². The Kier molecular flexibility index (Phi) is 3.85. The van der Waals surface area contributed by atoms with Gasteiger partial charge in [0.2, 0.25) is 15.8 Å². The minimum atomic E-state index is -4.95. The van der Waals surface area contributed by atoms with Crippen LogP contribution in [0, 0.1) is 45.8 Å². The molecule has 0 heterocycles. The summed E-state index contributed by atoms with van der Waals surface area (Å²) in [6, 6.07) is 0. The average molecular weight is 409 g/mol. The molecule has 150 valence electrons. The molecule has 0 saturated heterocycles. The fraction of sp³-hybridized carbons (Fsp3) is 0.667. The van der Waals surface area contributed by atoms with Crippen LogP contribution >= 0.6 is 0 Å². The van der Waals surface area contributed by atoms with E-state index in [9.17, 15) is 30.4 Å². The zero-order valence-electron chi connectivity index (χ0n) is 14.9. The molecule has 4 aliphatic carbocycles. The molecule has 1 aromatic carbocycles. The Labute approximate surface area is 154 Å². The molecule has 0 radical (unpaired) electrons. The third kappa shape index (κ3) is 2.80. The highest BCUT2D eigenvalue weighted by Gasteiger charge is 2.61. The van der Waals surface area contributed by atoms with Crippen molar-refractivity contribution in [3.63, 3.8) is 0 Å². The van der Waals surface area contributed by atoms with Crippen LogP contribution in [0.25, 0.3) is 0 Å². The fourth-order valence-electron chi connectivity index (χ4n) is 6.72. The smallest absolute Gasteiger partial charge is 0.207 e. The van der Waals surface area contributed by atoms with Crippen molar-refractivity contribution < 1.29 is 30.4 Å². The number of sulfonamides is 1. The summed E-state index contributed by atoms with van der Waals surface area (Å²) >= 11 is 0. The zero-order chi connectivity index (χ0) is 20.0. The fourth-order valence-corrected chi connectivity index (χ4v) is 8.27. The van der Waals surface area contributed by atoms with Crippen LogP contribution in [-0.2, 0) is 10.0 Å². The van der Waals surface area contributed by atoms with Gasteiger partial charge < -0.3 is 0 Å². The molecule has 4 bridgehead atoms. The Bertz CT molecular complexity index is 901. The van der Waals surface area contributed by atoms with E-state index in [0.717, 1.165) is 19.3 Å². The number of benzene rings is 1. The minimum Gasteiger partial charge on any atom is -0.207 e. The molecule has 27 heavy (non-hydrogen) atoms. The number of hydrogen-bond acceptors (Lipinski definition) is 2. The lowest BCUT2D eigenvalue weighted by molar-refractivity contribution is -0.110. The van der Waals surface area contributed by atoms with Gasteiger partial charge in [-0.15, -0.1) is 0 Å². The lowest BCUT2D eigenvalue weighted by Crippen LogP contribution is -2.65. The lowest BCUT2D eigenvalue weighted by Gasteiger charge is -2.65. The first-order valence-electron chi connectivity index (χ1n) is 8.84. The molecule has 0 aliphatic heterocycles. The van der Waals surface area contributed by atoms with E-state index in [2.05, 4.69) is 18.6 Å². The number of nitrogens with one attached hydrogen (secondary N) is 1. The summed E-state index contributed by atoms with van der Waals surface area (Å²) in [6.07, 6.45) is 4.32. The average Bonchev–Trinajstić information content (AvgIpc) is 2.46. The molecule has 5 rings (SSSR count). The molecular weight excluding hydrogens is 389 g/mol. The largest absolute Gasteiger partial charge is 0.247 e. The SMILES string of the molecule is CC12CC3CC(C)(C1)CC(NS(=O)(=O)c1c(F)c(F)c(F)c(F)c1F)(C3)C2. The van der Waals surface area contributed by atoms with Crippen LogP contribution in [0.4, 0.5) is 22.0 Å². The minimum absolute atomic E-state index is 0.104. The van der Waals surface area contributed by atoms with E-state index < -0.39 is 49.5 Å². The molecular formula is C18H20F5NO2S. The van der Waals surface area contributed by atoms with E-state index in [1.807, 2.05) is 0 Å². The van der Waals surface area contributed by atoms with Crippen molar-refractivity contribution in [2.45, 2.75) is 62.8 Å². The topological polar surface area (TPSA) is 46.2 Å². The van der Waals surface area contributed by atoms with E-state index in [0.29, 0.717) is 19.3 Å². The summed E-state index contributed by atoms with van der Waals surface area (Å²) in [4.78, 5) is -1.80. The van der Waals surface area contributed by atoms with Gasteiger partial charge >= 0.3 is 0 Å². The zero-order valence-corrected chi connectivity index (χ0v) is 15.8. The second-order valence-corrected chi connectivity index (χ2v) is 11.0. The van der Waals surface area contributed by atoms with Gasteiger partial charge in [-0.05, 0) is 55.3 Å². The maximum Gasteiger partial charge on any atom is 0.247 e. The molecule has 4 fully saturated rings. The third-order valence-electron chi connectivity index (χ3n) is 6.42. The predicted molar refractivity (Wildman–Crippen MR) is 86.7 cm³/mol. The Morgan fingerprint density at radius 1 is 0.778 bits per heavy atom. The monoisotopic (exact) mass is 409 g/mol. The second-order valence-electron chi connectivity index (χ2n) is 9.41. The van der Waals surface area contributed by atoms with Crippen molar-refractivity contribution in [3.8, 4) is 0 Å². The summed E-state index contributed by atoms with van der Waals surface area (Å²) in [5.41, 5.74) is -1.14. The number of rotatable bonds is 3. The molecule has 0 aromatic heterocycles. The normalized spacial score (nSPS) is 37.8. The Morgan fingerprint density at radius 3 is 1.67 bits per heavy atom. The number of hydrogen-bond donors (Lipinski definition) is 1. The van der Waals surface area contributed by atoms with Crippen LogP contribution in [-0.4, -0.2) is 14.0 Å². The van der Waals surface area contributed by atoms with Crippen LogP contribution < -0.4 is 4.72 Å². The van der Waals surface area contributed by atoms with Crippen LogP contribution in [0.15, 0.2) is 4.90 Å². The van der Waals surface area contributed by atoms with E-state index in [1.54, 1.807) is 0 Å². The summed E-state index contributed by atoms with van der Waals surface area (Å²) in [5.74, 6) is -11.3. The van der Waals surface area contributed by atoms with Crippen LogP contribution in [0.5, 0.6) is 0 Å². The van der Waals surface area contributed by atoms with Crippen molar-refractivity contribution in [2.24, 2.45) is 16.7 Å². The van der Waals surface area contributed by atoms with Crippen molar-refractivity contribution >= 4 is 10.0 Å². The van der Waals surface area contributed by atoms with Gasteiger partial charge in [0, 0.05) is 5.54 Å². The first kappa shape index (κ1) is 19.1. The van der Waals surface area contributed by atoms with Crippen molar-refractivity contribution in [3.05, 3.63) is 29.1 Å². The highest BCUT2D eigenvalue weighted by molar-refractivity contribution is 7.89. The second kappa shape index (κ2) is 5.43. The standard InChI is InChI=1S/C18H20F5NO2S/c1-16-3-9-4-17(2,6-16)8-18(5-9,7-16)24-27(25,26)15-13(22)11(20)10(19)12(21)14(15)23/h9,24H,3-8H2,1-2H3. The van der Waals surface area contributed by atoms with Gasteiger partial charge in [-0.1, -0.05) is 13.8 Å².